The van der Waals surface area contributed by atoms with Gasteiger partial charge in [-0.3, -0.25) is 0 Å². The summed E-state index contributed by atoms with van der Waals surface area (Å²) in [5.41, 5.74) is 1.78. The highest BCUT2D eigenvalue weighted by Crippen LogP contribution is 2.23. The van der Waals surface area contributed by atoms with Gasteiger partial charge in [0.05, 0.1) is 12.7 Å². The average molecular weight is 254 g/mol. The molecule has 18 heavy (non-hydrogen) atoms. The zero-order valence-electron chi connectivity index (χ0n) is 10.5. The average Bonchev–Trinajstić information content (AvgIpc) is 2.42. The van der Waals surface area contributed by atoms with Crippen LogP contribution < -0.4 is 0 Å². The number of hydrogen-bond donors (Lipinski definition) is 4. The van der Waals surface area contributed by atoms with Crippen LogP contribution in [0, 0.1) is 0 Å². The van der Waals surface area contributed by atoms with Gasteiger partial charge in [-0.15, -0.1) is 0 Å². The van der Waals surface area contributed by atoms with E-state index < -0.39 is 6.10 Å². The lowest BCUT2D eigenvalue weighted by Crippen LogP contribution is -2.07. The van der Waals surface area contributed by atoms with Gasteiger partial charge in [-0.05, 0) is 30.4 Å². The van der Waals surface area contributed by atoms with Gasteiger partial charge < -0.3 is 20.4 Å². The summed E-state index contributed by atoms with van der Waals surface area (Å²) < 4.78 is 0. The third kappa shape index (κ3) is 4.38. The third-order valence-corrected chi connectivity index (χ3v) is 3.13. The molecule has 1 aromatic carbocycles. The monoisotopic (exact) mass is 254 g/mol. The van der Waals surface area contributed by atoms with Crippen LogP contribution in [0.3, 0.4) is 0 Å². The molecule has 0 heterocycles. The molecule has 2 atom stereocenters. The van der Waals surface area contributed by atoms with Gasteiger partial charge >= 0.3 is 0 Å². The fourth-order valence-corrected chi connectivity index (χ4v) is 1.96. The van der Waals surface area contributed by atoms with Gasteiger partial charge in [0.15, 0.2) is 0 Å². The van der Waals surface area contributed by atoms with Crippen molar-refractivity contribution in [2.24, 2.45) is 0 Å². The van der Waals surface area contributed by atoms with E-state index in [9.17, 15) is 10.2 Å². The maximum atomic E-state index is 9.84. The highest BCUT2D eigenvalue weighted by molar-refractivity contribution is 5.26. The molecule has 0 aromatic heterocycles. The molecule has 0 amide bonds. The molecule has 1 rings (SSSR count). The van der Waals surface area contributed by atoms with E-state index in [1.54, 1.807) is 0 Å². The summed E-state index contributed by atoms with van der Waals surface area (Å²) in [6.45, 7) is 0.136. The molecule has 1 aromatic rings. The molecule has 4 heteroatoms. The van der Waals surface area contributed by atoms with Crippen molar-refractivity contribution in [2.45, 2.75) is 31.3 Å². The van der Waals surface area contributed by atoms with Crippen molar-refractivity contribution < 1.29 is 20.4 Å². The van der Waals surface area contributed by atoms with Crippen LogP contribution in [0.5, 0.6) is 0 Å². The van der Waals surface area contributed by atoms with Gasteiger partial charge in [0, 0.05) is 19.1 Å². The molecule has 0 aliphatic carbocycles. The Hall–Kier alpha value is -0.940. The number of aliphatic hydroxyl groups is 4. The van der Waals surface area contributed by atoms with E-state index in [0.29, 0.717) is 19.3 Å². The van der Waals surface area contributed by atoms with Crippen LogP contribution in [0.1, 0.15) is 42.4 Å². The van der Waals surface area contributed by atoms with Crippen LogP contribution in [0.2, 0.25) is 0 Å². The highest BCUT2D eigenvalue weighted by atomic mass is 16.3. The van der Waals surface area contributed by atoms with Crippen LogP contribution in [0.4, 0.5) is 0 Å². The van der Waals surface area contributed by atoms with Crippen LogP contribution in [0.25, 0.3) is 0 Å². The maximum Gasteiger partial charge on any atom is 0.0790 e. The van der Waals surface area contributed by atoms with E-state index in [0.717, 1.165) is 11.1 Å². The number of benzene rings is 1. The molecule has 4 N–H and O–H groups in total. The topological polar surface area (TPSA) is 80.9 Å². The fraction of sp³-hybridized carbons (Fsp3) is 0.571. The lowest BCUT2D eigenvalue weighted by molar-refractivity contribution is 0.152. The lowest BCUT2D eigenvalue weighted by Gasteiger charge is -2.15. The van der Waals surface area contributed by atoms with Crippen molar-refractivity contribution in [3.05, 3.63) is 35.4 Å². The number of hydrogen-bond acceptors (Lipinski definition) is 4. The Morgan fingerprint density at radius 2 is 1.44 bits per heavy atom. The van der Waals surface area contributed by atoms with E-state index in [1.165, 1.54) is 0 Å². The zero-order valence-corrected chi connectivity index (χ0v) is 10.5. The van der Waals surface area contributed by atoms with Gasteiger partial charge in [0.1, 0.15) is 0 Å². The Balaban J connectivity index is 2.66. The van der Waals surface area contributed by atoms with E-state index in [-0.39, 0.29) is 25.7 Å². The molecular weight excluding hydrogens is 232 g/mol. The minimum atomic E-state index is -0.559. The summed E-state index contributed by atoms with van der Waals surface area (Å²) in [4.78, 5) is 0. The van der Waals surface area contributed by atoms with E-state index in [4.69, 9.17) is 10.2 Å². The predicted molar refractivity (Wildman–Crippen MR) is 69.3 cm³/mol. The van der Waals surface area contributed by atoms with E-state index in [1.807, 2.05) is 24.3 Å². The Morgan fingerprint density at radius 3 is 1.94 bits per heavy atom. The van der Waals surface area contributed by atoms with Gasteiger partial charge in [-0.2, -0.15) is 0 Å². The molecule has 4 nitrogen and oxygen atoms in total. The van der Waals surface area contributed by atoms with Crippen molar-refractivity contribution in [1.82, 2.24) is 0 Å². The molecule has 102 valence electrons. The van der Waals surface area contributed by atoms with Gasteiger partial charge in [0.25, 0.3) is 0 Å². The van der Waals surface area contributed by atoms with Gasteiger partial charge in [-0.1, -0.05) is 24.3 Å². The lowest BCUT2D eigenvalue weighted by atomic mass is 9.94. The van der Waals surface area contributed by atoms with Gasteiger partial charge in [-0.25, -0.2) is 0 Å². The van der Waals surface area contributed by atoms with Crippen molar-refractivity contribution in [3.8, 4) is 0 Å². The minimum Gasteiger partial charge on any atom is -0.396 e. The first-order chi connectivity index (χ1) is 8.72. The summed E-state index contributed by atoms with van der Waals surface area (Å²) >= 11 is 0. The van der Waals surface area contributed by atoms with E-state index >= 15 is 0 Å². The number of aliphatic hydroxyl groups excluding tert-OH is 4. The second kappa shape index (κ2) is 8.21. The first kappa shape index (κ1) is 15.1. The largest absolute Gasteiger partial charge is 0.396 e. The summed E-state index contributed by atoms with van der Waals surface area (Å²) in [5.74, 6) is -0.0568. The second-order valence-electron chi connectivity index (χ2n) is 4.44. The Bertz CT molecular complexity index is 323. The fourth-order valence-electron chi connectivity index (χ4n) is 1.96. The minimum absolute atomic E-state index is 0.00692. The first-order valence-corrected chi connectivity index (χ1v) is 6.33. The Labute approximate surface area is 108 Å². The van der Waals surface area contributed by atoms with Crippen LogP contribution in [-0.2, 0) is 0 Å². The van der Waals surface area contributed by atoms with Crippen molar-refractivity contribution >= 4 is 0 Å². The molecule has 0 radical (unpaired) electrons. The Morgan fingerprint density at radius 1 is 0.833 bits per heavy atom. The van der Waals surface area contributed by atoms with Crippen molar-refractivity contribution in [3.63, 3.8) is 0 Å². The SMILES string of the molecule is OCCCC(O)c1ccc(C(CO)CCO)cc1. The number of rotatable bonds is 8. The summed E-state index contributed by atoms with van der Waals surface area (Å²) in [5, 5.41) is 36.7. The quantitative estimate of drug-likeness (QED) is 0.557. The molecule has 0 spiro atoms. The van der Waals surface area contributed by atoms with Crippen molar-refractivity contribution in [1.29, 1.82) is 0 Å². The summed E-state index contributed by atoms with van der Waals surface area (Å²) in [7, 11) is 0. The molecule has 0 bridgehead atoms. The smallest absolute Gasteiger partial charge is 0.0790 e. The van der Waals surface area contributed by atoms with Gasteiger partial charge in [0.2, 0.25) is 0 Å². The molecule has 2 unspecified atom stereocenters. The van der Waals surface area contributed by atoms with E-state index in [2.05, 4.69) is 0 Å². The molecular formula is C14H22O4. The summed E-state index contributed by atoms with van der Waals surface area (Å²) in [6, 6.07) is 7.40. The predicted octanol–water partition coefficient (Wildman–Crippen LogP) is 0.951. The molecule has 0 saturated carbocycles. The molecule has 0 aliphatic rings. The molecule has 0 aliphatic heterocycles. The highest BCUT2D eigenvalue weighted by Gasteiger charge is 2.11. The zero-order chi connectivity index (χ0) is 13.4. The first-order valence-electron chi connectivity index (χ1n) is 6.33. The van der Waals surface area contributed by atoms with Crippen LogP contribution >= 0.6 is 0 Å². The molecule has 0 fully saturated rings. The third-order valence-electron chi connectivity index (χ3n) is 3.13. The maximum absolute atomic E-state index is 9.84. The second-order valence-corrected chi connectivity index (χ2v) is 4.44. The summed E-state index contributed by atoms with van der Waals surface area (Å²) in [6.07, 6.45) is 1.09. The Kier molecular flexibility index (Phi) is 6.90. The van der Waals surface area contributed by atoms with Crippen LogP contribution in [-0.4, -0.2) is 40.2 Å². The molecule has 0 saturated heterocycles. The standard InChI is InChI=1S/C14H22O4/c15-8-1-2-14(18)12-5-3-11(4-6-12)13(10-17)7-9-16/h3-6,13-18H,1-2,7-10H2. The normalized spacial score (nSPS) is 14.4. The van der Waals surface area contributed by atoms with Crippen molar-refractivity contribution in [2.75, 3.05) is 19.8 Å². The van der Waals surface area contributed by atoms with Crippen LogP contribution in [0.15, 0.2) is 24.3 Å².